The van der Waals surface area contributed by atoms with Gasteiger partial charge in [-0.05, 0) is 32.1 Å². The van der Waals surface area contributed by atoms with Gasteiger partial charge in [-0.15, -0.1) is 0 Å². The molecule has 2 aliphatic rings. The van der Waals surface area contributed by atoms with Crippen LogP contribution in [0.25, 0.3) is 0 Å². The fourth-order valence-electron chi connectivity index (χ4n) is 3.22. The standard InChI is InChI=1S/C14H22N2O2/c1-18-12-7-5-6-11(12)16-13(17)14(10-15)8-3-2-4-9-14/h11-12H,2-9H2,1H3,(H,16,17). The number of hydrogen-bond acceptors (Lipinski definition) is 3. The minimum atomic E-state index is -0.779. The first-order chi connectivity index (χ1) is 8.72. The van der Waals surface area contributed by atoms with E-state index >= 15 is 0 Å². The van der Waals surface area contributed by atoms with Gasteiger partial charge in [0.2, 0.25) is 5.91 Å². The summed E-state index contributed by atoms with van der Waals surface area (Å²) in [6, 6.07) is 2.36. The normalized spacial score (nSPS) is 30.7. The van der Waals surface area contributed by atoms with Crippen LogP contribution in [0.15, 0.2) is 0 Å². The van der Waals surface area contributed by atoms with Crippen molar-refractivity contribution in [3.63, 3.8) is 0 Å². The van der Waals surface area contributed by atoms with Gasteiger partial charge < -0.3 is 10.1 Å². The molecule has 2 unspecified atom stereocenters. The van der Waals surface area contributed by atoms with Crippen molar-refractivity contribution in [2.75, 3.05) is 7.11 Å². The average Bonchev–Trinajstić information content (AvgIpc) is 2.86. The number of nitrogens with one attached hydrogen (secondary N) is 1. The lowest BCUT2D eigenvalue weighted by Crippen LogP contribution is -2.48. The van der Waals surface area contributed by atoms with Crippen LogP contribution in [0.1, 0.15) is 51.4 Å². The second-order valence-electron chi connectivity index (χ2n) is 5.54. The largest absolute Gasteiger partial charge is 0.379 e. The molecule has 0 spiro atoms. The summed E-state index contributed by atoms with van der Waals surface area (Å²) >= 11 is 0. The summed E-state index contributed by atoms with van der Waals surface area (Å²) in [4.78, 5) is 12.4. The number of carbonyl (C=O) groups excluding carboxylic acids is 1. The maximum atomic E-state index is 12.4. The zero-order chi connectivity index (χ0) is 13.0. The summed E-state index contributed by atoms with van der Waals surface area (Å²) in [6.07, 6.45) is 7.70. The molecule has 4 nitrogen and oxygen atoms in total. The Hall–Kier alpha value is -1.08. The van der Waals surface area contributed by atoms with Crippen molar-refractivity contribution in [2.24, 2.45) is 5.41 Å². The SMILES string of the molecule is COC1CCCC1NC(=O)C1(C#N)CCCCC1. The zero-order valence-electron chi connectivity index (χ0n) is 11.1. The smallest absolute Gasteiger partial charge is 0.240 e. The first-order valence-electron chi connectivity index (χ1n) is 6.97. The summed E-state index contributed by atoms with van der Waals surface area (Å²) < 4.78 is 5.38. The molecule has 0 heterocycles. The Morgan fingerprint density at radius 2 is 2.00 bits per heavy atom. The molecule has 0 bridgehead atoms. The van der Waals surface area contributed by atoms with Crippen LogP contribution in [-0.2, 0) is 9.53 Å². The molecule has 2 fully saturated rings. The van der Waals surface area contributed by atoms with Gasteiger partial charge in [-0.1, -0.05) is 19.3 Å². The molecule has 2 rings (SSSR count). The van der Waals surface area contributed by atoms with Gasteiger partial charge in [0.15, 0.2) is 0 Å². The highest BCUT2D eigenvalue weighted by molar-refractivity contribution is 5.85. The summed E-state index contributed by atoms with van der Waals surface area (Å²) in [6.45, 7) is 0. The number of hydrogen-bond donors (Lipinski definition) is 1. The summed E-state index contributed by atoms with van der Waals surface area (Å²) in [7, 11) is 1.69. The minimum absolute atomic E-state index is 0.0707. The number of methoxy groups -OCH3 is 1. The van der Waals surface area contributed by atoms with Crippen LogP contribution >= 0.6 is 0 Å². The predicted molar refractivity (Wildman–Crippen MR) is 67.7 cm³/mol. The molecule has 0 aliphatic heterocycles. The van der Waals surface area contributed by atoms with Gasteiger partial charge in [0.25, 0.3) is 0 Å². The first-order valence-corrected chi connectivity index (χ1v) is 6.97. The predicted octanol–water partition coefficient (Wildman–Crippen LogP) is 2.14. The van der Waals surface area contributed by atoms with Gasteiger partial charge in [0, 0.05) is 7.11 Å². The van der Waals surface area contributed by atoms with Gasteiger partial charge in [-0.25, -0.2) is 0 Å². The molecule has 0 aromatic heterocycles. The number of rotatable bonds is 3. The van der Waals surface area contributed by atoms with E-state index in [0.717, 1.165) is 38.5 Å². The van der Waals surface area contributed by atoms with Crippen LogP contribution in [0.5, 0.6) is 0 Å². The molecular formula is C14H22N2O2. The number of ether oxygens (including phenoxy) is 1. The molecule has 0 aromatic carbocycles. The molecule has 100 valence electrons. The van der Waals surface area contributed by atoms with Crippen LogP contribution in [0.3, 0.4) is 0 Å². The molecule has 1 amide bonds. The van der Waals surface area contributed by atoms with E-state index < -0.39 is 5.41 Å². The van der Waals surface area contributed by atoms with E-state index in [9.17, 15) is 10.1 Å². The van der Waals surface area contributed by atoms with Gasteiger partial charge in [-0.2, -0.15) is 5.26 Å². The van der Waals surface area contributed by atoms with Crippen molar-refractivity contribution >= 4 is 5.91 Å². The highest BCUT2D eigenvalue weighted by Gasteiger charge is 2.42. The Balaban J connectivity index is 2.00. The van der Waals surface area contributed by atoms with E-state index in [0.29, 0.717) is 12.8 Å². The lowest BCUT2D eigenvalue weighted by atomic mass is 9.74. The van der Waals surface area contributed by atoms with Crippen molar-refractivity contribution in [2.45, 2.75) is 63.5 Å². The van der Waals surface area contributed by atoms with Gasteiger partial charge in [-0.3, -0.25) is 4.79 Å². The lowest BCUT2D eigenvalue weighted by Gasteiger charge is -2.31. The molecule has 18 heavy (non-hydrogen) atoms. The number of amides is 1. The fourth-order valence-corrected chi connectivity index (χ4v) is 3.22. The lowest BCUT2D eigenvalue weighted by molar-refractivity contribution is -0.131. The first kappa shape index (κ1) is 13.4. The van der Waals surface area contributed by atoms with Crippen LogP contribution in [0.4, 0.5) is 0 Å². The summed E-state index contributed by atoms with van der Waals surface area (Å²) in [5, 5.41) is 12.4. The number of nitriles is 1. The number of carbonyl (C=O) groups is 1. The third kappa shape index (κ3) is 2.51. The topological polar surface area (TPSA) is 62.1 Å². The van der Waals surface area contributed by atoms with Crippen LogP contribution in [0, 0.1) is 16.7 Å². The third-order valence-electron chi connectivity index (χ3n) is 4.43. The quantitative estimate of drug-likeness (QED) is 0.834. The maximum Gasteiger partial charge on any atom is 0.240 e. The summed E-state index contributed by atoms with van der Waals surface area (Å²) in [5.74, 6) is -0.0707. The minimum Gasteiger partial charge on any atom is -0.379 e. The zero-order valence-corrected chi connectivity index (χ0v) is 11.1. The average molecular weight is 250 g/mol. The van der Waals surface area contributed by atoms with E-state index in [1.165, 1.54) is 0 Å². The maximum absolute atomic E-state index is 12.4. The molecule has 2 aliphatic carbocycles. The van der Waals surface area contributed by atoms with Crippen LogP contribution in [0.2, 0.25) is 0 Å². The molecule has 2 saturated carbocycles. The molecule has 1 N–H and O–H groups in total. The van der Waals surface area contributed by atoms with E-state index in [1.54, 1.807) is 7.11 Å². The van der Waals surface area contributed by atoms with Crippen molar-refractivity contribution < 1.29 is 9.53 Å². The van der Waals surface area contributed by atoms with Gasteiger partial charge >= 0.3 is 0 Å². The van der Waals surface area contributed by atoms with E-state index in [4.69, 9.17) is 4.74 Å². The van der Waals surface area contributed by atoms with Crippen molar-refractivity contribution in [1.82, 2.24) is 5.32 Å². The Bertz CT molecular complexity index is 342. The highest BCUT2D eigenvalue weighted by atomic mass is 16.5. The van der Waals surface area contributed by atoms with E-state index in [2.05, 4.69) is 11.4 Å². The van der Waals surface area contributed by atoms with E-state index in [-0.39, 0.29) is 18.1 Å². The molecule has 4 heteroatoms. The Morgan fingerprint density at radius 1 is 1.28 bits per heavy atom. The van der Waals surface area contributed by atoms with Gasteiger partial charge in [0.1, 0.15) is 5.41 Å². The second-order valence-corrected chi connectivity index (χ2v) is 5.54. The molecule has 0 saturated heterocycles. The van der Waals surface area contributed by atoms with Gasteiger partial charge in [0.05, 0.1) is 18.2 Å². The van der Waals surface area contributed by atoms with Crippen LogP contribution < -0.4 is 5.32 Å². The second kappa shape index (κ2) is 5.71. The Labute approximate surface area is 109 Å². The highest BCUT2D eigenvalue weighted by Crippen LogP contribution is 2.36. The third-order valence-corrected chi connectivity index (χ3v) is 4.43. The van der Waals surface area contributed by atoms with Crippen molar-refractivity contribution in [3.8, 4) is 6.07 Å². The van der Waals surface area contributed by atoms with Crippen molar-refractivity contribution in [1.29, 1.82) is 5.26 Å². The summed E-state index contributed by atoms with van der Waals surface area (Å²) in [5.41, 5.74) is -0.779. The van der Waals surface area contributed by atoms with Crippen molar-refractivity contribution in [3.05, 3.63) is 0 Å². The Kier molecular flexibility index (Phi) is 4.23. The van der Waals surface area contributed by atoms with E-state index in [1.807, 2.05) is 0 Å². The van der Waals surface area contributed by atoms with Crippen LogP contribution in [-0.4, -0.2) is 25.2 Å². The Morgan fingerprint density at radius 3 is 2.61 bits per heavy atom. The fraction of sp³-hybridized carbons (Fsp3) is 0.857. The number of nitrogens with zero attached hydrogens (tertiary/aromatic N) is 1. The molecular weight excluding hydrogens is 228 g/mol. The molecule has 0 aromatic rings. The monoisotopic (exact) mass is 250 g/mol. The molecule has 0 radical (unpaired) electrons. The molecule has 2 atom stereocenters.